The quantitative estimate of drug-likeness (QED) is 0.581. The van der Waals surface area contributed by atoms with Crippen molar-refractivity contribution in [2.45, 2.75) is 6.61 Å². The molecule has 1 heterocycles. The molecule has 12 heavy (non-hydrogen) atoms. The van der Waals surface area contributed by atoms with E-state index in [9.17, 15) is 4.57 Å². The van der Waals surface area contributed by atoms with Gasteiger partial charge in [-0.3, -0.25) is 9.51 Å². The lowest BCUT2D eigenvalue weighted by molar-refractivity contribution is 0.263. The Morgan fingerprint density at radius 3 is 2.92 bits per heavy atom. The summed E-state index contributed by atoms with van der Waals surface area (Å²) in [5.74, 6) is 0. The van der Waals surface area contributed by atoms with Crippen molar-refractivity contribution >= 4 is 19.0 Å². The Hall–Kier alpha value is -0.350. The first-order chi connectivity index (χ1) is 5.58. The highest BCUT2D eigenvalue weighted by molar-refractivity contribution is 8.44. The number of aromatic nitrogens is 1. The highest BCUT2D eigenvalue weighted by Crippen LogP contribution is 2.47. The molecule has 0 aliphatic heterocycles. The van der Waals surface area contributed by atoms with Gasteiger partial charge in [-0.05, 0) is 12.1 Å². The molecule has 0 fully saturated rings. The molecule has 0 spiro atoms. The SMILES string of the molecule is O=P(O)(S)OCc1ccccn1. The van der Waals surface area contributed by atoms with Crippen LogP contribution in [0.15, 0.2) is 24.4 Å². The molecule has 0 saturated heterocycles. The Labute approximate surface area is 75.3 Å². The van der Waals surface area contributed by atoms with Crippen molar-refractivity contribution in [1.29, 1.82) is 0 Å². The summed E-state index contributed by atoms with van der Waals surface area (Å²) in [6.07, 6.45) is 1.58. The standard InChI is InChI=1S/C6H8NO3PS/c8-11(9,12)10-5-6-3-1-2-4-7-6/h1-4H,5H2,(H2,8,9,12). The maximum atomic E-state index is 10.6. The van der Waals surface area contributed by atoms with E-state index in [1.54, 1.807) is 24.4 Å². The average Bonchev–Trinajstić information content (AvgIpc) is 2.02. The zero-order valence-corrected chi connectivity index (χ0v) is 7.91. The van der Waals surface area contributed by atoms with E-state index in [4.69, 9.17) is 4.89 Å². The zero-order valence-electron chi connectivity index (χ0n) is 6.12. The van der Waals surface area contributed by atoms with E-state index in [1.165, 1.54) is 0 Å². The minimum absolute atomic E-state index is 0.00187. The van der Waals surface area contributed by atoms with Gasteiger partial charge in [0, 0.05) is 6.20 Å². The molecular formula is C6H8NO3PS. The fraction of sp³-hybridized carbons (Fsp3) is 0.167. The minimum Gasteiger partial charge on any atom is -0.317 e. The second kappa shape index (κ2) is 4.05. The Bertz CT molecular complexity index is 286. The molecule has 0 amide bonds. The van der Waals surface area contributed by atoms with Gasteiger partial charge >= 0.3 is 6.80 Å². The van der Waals surface area contributed by atoms with Crippen LogP contribution in [0.4, 0.5) is 0 Å². The fourth-order valence-electron chi connectivity index (χ4n) is 0.634. The predicted octanol–water partition coefficient (Wildman–Crippen LogP) is 1.63. The lowest BCUT2D eigenvalue weighted by Crippen LogP contribution is -1.90. The summed E-state index contributed by atoms with van der Waals surface area (Å²) >= 11 is 3.35. The summed E-state index contributed by atoms with van der Waals surface area (Å²) in [5, 5.41) is 0. The molecule has 0 aromatic carbocycles. The number of hydrogen-bond donors (Lipinski definition) is 2. The lowest BCUT2D eigenvalue weighted by atomic mass is 10.4. The lowest BCUT2D eigenvalue weighted by Gasteiger charge is -2.04. The van der Waals surface area contributed by atoms with Crippen molar-refractivity contribution in [2.24, 2.45) is 0 Å². The molecule has 1 N–H and O–H groups in total. The molecule has 6 heteroatoms. The number of thiol groups is 1. The summed E-state index contributed by atoms with van der Waals surface area (Å²) < 4.78 is 15.1. The molecular weight excluding hydrogens is 197 g/mol. The minimum atomic E-state index is -3.68. The number of rotatable bonds is 3. The molecule has 66 valence electrons. The van der Waals surface area contributed by atoms with Crippen LogP contribution < -0.4 is 0 Å². The second-order valence-corrected chi connectivity index (χ2v) is 4.84. The van der Waals surface area contributed by atoms with Crippen molar-refractivity contribution in [3.63, 3.8) is 0 Å². The van der Waals surface area contributed by atoms with E-state index in [0.717, 1.165) is 0 Å². The van der Waals surface area contributed by atoms with E-state index in [0.29, 0.717) is 5.69 Å². The van der Waals surface area contributed by atoms with Crippen molar-refractivity contribution < 1.29 is 14.0 Å². The number of nitrogens with zero attached hydrogens (tertiary/aromatic N) is 1. The van der Waals surface area contributed by atoms with Crippen LogP contribution in [0.2, 0.25) is 0 Å². The molecule has 1 rings (SSSR count). The van der Waals surface area contributed by atoms with Crippen LogP contribution in [0.1, 0.15) is 5.69 Å². The van der Waals surface area contributed by atoms with Gasteiger partial charge < -0.3 is 4.89 Å². The molecule has 1 atom stereocenters. The first kappa shape index (κ1) is 9.74. The van der Waals surface area contributed by atoms with Gasteiger partial charge in [0.2, 0.25) is 0 Å². The van der Waals surface area contributed by atoms with Crippen LogP contribution in [0, 0.1) is 0 Å². The van der Waals surface area contributed by atoms with Gasteiger partial charge in [-0.25, -0.2) is 4.57 Å². The van der Waals surface area contributed by atoms with E-state index < -0.39 is 6.80 Å². The van der Waals surface area contributed by atoms with E-state index in [1.807, 2.05) is 0 Å². The van der Waals surface area contributed by atoms with Crippen molar-refractivity contribution in [3.8, 4) is 0 Å². The van der Waals surface area contributed by atoms with Gasteiger partial charge in [-0.1, -0.05) is 18.3 Å². The smallest absolute Gasteiger partial charge is 0.317 e. The molecule has 0 saturated carbocycles. The maximum Gasteiger partial charge on any atom is 0.383 e. The first-order valence-electron chi connectivity index (χ1n) is 3.18. The summed E-state index contributed by atoms with van der Waals surface area (Å²) in [5.41, 5.74) is 0.598. The molecule has 1 aromatic rings. The maximum absolute atomic E-state index is 10.6. The summed E-state index contributed by atoms with van der Waals surface area (Å²) in [4.78, 5) is 12.5. The van der Waals surface area contributed by atoms with Gasteiger partial charge in [0.15, 0.2) is 0 Å². The monoisotopic (exact) mass is 205 g/mol. The largest absolute Gasteiger partial charge is 0.383 e. The highest BCUT2D eigenvalue weighted by atomic mass is 32.7. The van der Waals surface area contributed by atoms with E-state index in [2.05, 4.69) is 21.8 Å². The molecule has 1 unspecified atom stereocenters. The number of hydrogen-bond acceptors (Lipinski definition) is 3. The molecule has 4 nitrogen and oxygen atoms in total. The normalized spacial score (nSPS) is 15.5. The van der Waals surface area contributed by atoms with Gasteiger partial charge in [0.1, 0.15) is 0 Å². The van der Waals surface area contributed by atoms with Gasteiger partial charge in [0.05, 0.1) is 12.3 Å². The zero-order chi connectivity index (χ0) is 9.03. The highest BCUT2D eigenvalue weighted by Gasteiger charge is 2.11. The fourth-order valence-corrected chi connectivity index (χ4v) is 1.11. The average molecular weight is 205 g/mol. The van der Waals surface area contributed by atoms with Gasteiger partial charge in [-0.2, -0.15) is 0 Å². The van der Waals surface area contributed by atoms with Crippen molar-refractivity contribution in [3.05, 3.63) is 30.1 Å². The second-order valence-electron chi connectivity index (χ2n) is 2.09. The molecule has 1 aromatic heterocycles. The molecule has 0 radical (unpaired) electrons. The van der Waals surface area contributed by atoms with Crippen molar-refractivity contribution in [1.82, 2.24) is 4.98 Å². The molecule has 0 aliphatic carbocycles. The van der Waals surface area contributed by atoms with E-state index in [-0.39, 0.29) is 6.61 Å². The Morgan fingerprint density at radius 2 is 2.42 bits per heavy atom. The predicted molar refractivity (Wildman–Crippen MR) is 47.8 cm³/mol. The van der Waals surface area contributed by atoms with Crippen molar-refractivity contribution in [2.75, 3.05) is 0 Å². The Balaban J connectivity index is 2.50. The Kier molecular flexibility index (Phi) is 3.29. The van der Waals surface area contributed by atoms with Crippen LogP contribution in [0.25, 0.3) is 0 Å². The molecule has 0 aliphatic rings. The Morgan fingerprint density at radius 1 is 1.67 bits per heavy atom. The first-order valence-corrected chi connectivity index (χ1v) is 5.91. The van der Waals surface area contributed by atoms with Gasteiger partial charge in [0.25, 0.3) is 0 Å². The third-order valence-corrected chi connectivity index (χ3v) is 1.92. The van der Waals surface area contributed by atoms with Gasteiger partial charge in [-0.15, -0.1) is 0 Å². The third kappa shape index (κ3) is 3.88. The summed E-state index contributed by atoms with van der Waals surface area (Å²) in [7, 11) is 0. The van der Waals surface area contributed by atoms with Crippen LogP contribution in [0.5, 0.6) is 0 Å². The number of pyridine rings is 1. The van der Waals surface area contributed by atoms with E-state index >= 15 is 0 Å². The van der Waals surface area contributed by atoms with Crippen LogP contribution in [-0.2, 0) is 15.7 Å². The molecule has 0 bridgehead atoms. The third-order valence-electron chi connectivity index (χ3n) is 1.11. The topological polar surface area (TPSA) is 59.4 Å². The van der Waals surface area contributed by atoms with Crippen LogP contribution in [0.3, 0.4) is 0 Å². The summed E-state index contributed by atoms with van der Waals surface area (Å²) in [6.45, 7) is -3.68. The summed E-state index contributed by atoms with van der Waals surface area (Å²) in [6, 6.07) is 5.22. The van der Waals surface area contributed by atoms with Crippen LogP contribution in [-0.4, -0.2) is 9.88 Å². The van der Waals surface area contributed by atoms with Crippen LogP contribution >= 0.6 is 19.0 Å².